The first kappa shape index (κ1) is 50.3. The van der Waals surface area contributed by atoms with Crippen LogP contribution in [-0.2, 0) is 60.1 Å². The van der Waals surface area contributed by atoms with Crippen molar-refractivity contribution in [3.8, 4) is 11.5 Å². The maximum absolute atomic E-state index is 13.0. The summed E-state index contributed by atoms with van der Waals surface area (Å²) in [7, 11) is -25.1. The summed E-state index contributed by atoms with van der Waals surface area (Å²) >= 11 is 0. The number of fused-ring (bicyclic) bond motifs is 2. The largest absolute Gasteiger partial charge is 0.504 e. The van der Waals surface area contributed by atoms with E-state index >= 15 is 0 Å². The van der Waals surface area contributed by atoms with Crippen molar-refractivity contribution in [2.24, 2.45) is 20.5 Å². The van der Waals surface area contributed by atoms with Crippen molar-refractivity contribution in [1.82, 2.24) is 0 Å². The van der Waals surface area contributed by atoms with Crippen LogP contribution in [-0.4, -0.2) is 102 Å². The Morgan fingerprint density at radius 2 is 0.712 bits per heavy atom. The van der Waals surface area contributed by atoms with E-state index in [1.165, 1.54) is 48.5 Å². The van der Waals surface area contributed by atoms with Crippen LogP contribution in [0.1, 0.15) is 0 Å². The third-order valence-electron chi connectivity index (χ3n) is 9.07. The number of phenols is 2. The van der Waals surface area contributed by atoms with Gasteiger partial charge in [-0.25, -0.2) is 16.8 Å². The van der Waals surface area contributed by atoms with E-state index in [4.69, 9.17) is 0 Å². The van der Waals surface area contributed by atoms with Crippen molar-refractivity contribution in [2.75, 3.05) is 23.0 Å². The number of hydrogen-bond acceptors (Lipinski definition) is 20. The number of phenolic OH excluding ortho intramolecular Hbond substituents is 2. The minimum absolute atomic E-state index is 0.0194. The normalized spacial score (nSPS) is 13.3. The molecule has 6 aromatic carbocycles. The summed E-state index contributed by atoms with van der Waals surface area (Å²) in [6.07, 6.45) is 0. The summed E-state index contributed by atoms with van der Waals surface area (Å²) < 4.78 is 184. The fourth-order valence-electron chi connectivity index (χ4n) is 5.87. The van der Waals surface area contributed by atoms with E-state index in [1.54, 1.807) is 0 Å². The Kier molecular flexibility index (Phi) is 14.4. The van der Waals surface area contributed by atoms with E-state index in [0.29, 0.717) is 0 Å². The molecule has 0 atom stereocenters. The highest BCUT2D eigenvalue weighted by atomic mass is 33.1. The van der Waals surface area contributed by atoms with Gasteiger partial charge in [0.05, 0.1) is 42.5 Å². The monoisotopic (exact) mass is 1060 g/mol. The van der Waals surface area contributed by atoms with Gasteiger partial charge in [0.2, 0.25) is 0 Å². The average Bonchev–Trinajstić information content (AvgIpc) is 3.22. The lowest BCUT2D eigenvalue weighted by molar-refractivity contribution is 0.443. The molecule has 6 N–H and O–H groups in total. The number of benzene rings is 6. The predicted octanol–water partition coefficient (Wildman–Crippen LogP) is 6.85. The highest BCUT2D eigenvalue weighted by Crippen LogP contribution is 2.43. The van der Waals surface area contributed by atoms with E-state index in [0.717, 1.165) is 70.1 Å². The van der Waals surface area contributed by atoms with Crippen molar-refractivity contribution in [1.29, 1.82) is 0 Å². The SMILES string of the molecule is O=S(=O)(O)c1ccc2c(/N=N/c3ccc(S(=O)(=O)CCSSCCS(=O)(=O)c4ccc(/N=N/c5c(O)c(S(=O)(=O)O)cc6cc(S(=O)(=O)O)ccc56)cc4)cc3)c(O)c(S(=O)(=O)O)cc2c1. The summed E-state index contributed by atoms with van der Waals surface area (Å²) in [5, 5.41) is 36.4. The molecular formula is C36H30N4O18S8. The van der Waals surface area contributed by atoms with Crippen LogP contribution in [0.2, 0.25) is 0 Å². The second-order valence-corrected chi connectivity index (χ2v) is 26.0. The maximum Gasteiger partial charge on any atom is 0.298 e. The van der Waals surface area contributed by atoms with Crippen molar-refractivity contribution in [3.63, 3.8) is 0 Å². The number of rotatable bonds is 17. The molecule has 0 fully saturated rings. The molecule has 0 saturated carbocycles. The van der Waals surface area contributed by atoms with E-state index in [2.05, 4.69) is 20.5 Å². The summed E-state index contributed by atoms with van der Waals surface area (Å²) in [5.41, 5.74) is -0.909. The second kappa shape index (κ2) is 18.9. The Balaban J connectivity index is 1.05. The lowest BCUT2D eigenvalue weighted by atomic mass is 10.1. The Bertz CT molecular complexity index is 3440. The molecule has 0 unspecified atom stereocenters. The lowest BCUT2D eigenvalue weighted by Crippen LogP contribution is -2.09. The van der Waals surface area contributed by atoms with Crippen LogP contribution in [0.5, 0.6) is 11.5 Å². The molecule has 6 aromatic rings. The van der Waals surface area contributed by atoms with Crippen LogP contribution in [0.15, 0.2) is 147 Å². The van der Waals surface area contributed by atoms with Crippen molar-refractivity contribution in [2.45, 2.75) is 29.4 Å². The molecule has 0 amide bonds. The average molecular weight is 1060 g/mol. The number of aromatic hydroxyl groups is 2. The van der Waals surface area contributed by atoms with E-state index in [9.17, 15) is 78.9 Å². The molecular weight excluding hydrogens is 1030 g/mol. The summed E-state index contributed by atoms with van der Waals surface area (Å²) in [5.74, 6) is -2.62. The Morgan fingerprint density at radius 1 is 0.394 bits per heavy atom. The molecule has 0 aliphatic heterocycles. The number of azo groups is 2. The van der Waals surface area contributed by atoms with E-state index in [1.807, 2.05) is 0 Å². The zero-order valence-corrected chi connectivity index (χ0v) is 39.2. The van der Waals surface area contributed by atoms with E-state index in [-0.39, 0.29) is 65.7 Å². The van der Waals surface area contributed by atoms with Crippen molar-refractivity contribution < 1.29 is 78.9 Å². The van der Waals surface area contributed by atoms with Gasteiger partial charge in [0.25, 0.3) is 40.5 Å². The molecule has 30 heteroatoms. The van der Waals surface area contributed by atoms with Crippen LogP contribution in [0.3, 0.4) is 0 Å². The van der Waals surface area contributed by atoms with E-state index < -0.39 is 103 Å². The summed E-state index contributed by atoms with van der Waals surface area (Å²) in [4.78, 5) is -3.50. The Hall–Kier alpha value is -5.12. The lowest BCUT2D eigenvalue weighted by Gasteiger charge is -2.09. The van der Waals surface area contributed by atoms with Gasteiger partial charge in [-0.2, -0.15) is 43.9 Å². The van der Waals surface area contributed by atoms with Gasteiger partial charge in [-0.3, -0.25) is 18.2 Å². The fraction of sp³-hybridized carbons (Fsp3) is 0.111. The van der Waals surface area contributed by atoms with Crippen molar-refractivity contribution in [3.05, 3.63) is 97.1 Å². The van der Waals surface area contributed by atoms with Crippen molar-refractivity contribution >= 4 is 126 Å². The molecule has 0 aliphatic rings. The number of nitrogens with zero attached hydrogens (tertiary/aromatic N) is 4. The quantitative estimate of drug-likeness (QED) is 0.0235. The summed E-state index contributed by atoms with van der Waals surface area (Å²) in [6.45, 7) is 0. The second-order valence-electron chi connectivity index (χ2n) is 13.5. The molecule has 0 aliphatic carbocycles. The highest BCUT2D eigenvalue weighted by molar-refractivity contribution is 8.76. The van der Waals surface area contributed by atoms with Gasteiger partial charge in [0.15, 0.2) is 31.2 Å². The molecule has 6 rings (SSSR count). The standard InChI is InChI=1S/C36H30N4O18S8/c41-35-31(65(53,54)55)19-21-17-27(63(47,48)49)9-11-29(21)33(35)39-37-23-1-5-25(6-2-23)61(43,44)15-13-59-60-14-16-62(45,46)26-7-3-24(4-8-26)38-40-34-30-12-10-28(64(50,51)52)18-22(30)20-32(36(34)42)66(56,57)58/h1-12,17-20,41-42H,13-16H2,(H,47,48,49)(H,50,51,52)(H,53,54,55)(H,56,57,58)/b39-37+,40-38+. The van der Waals surface area contributed by atoms with Gasteiger partial charge in [-0.05, 0) is 95.7 Å². The third kappa shape index (κ3) is 11.7. The molecule has 0 radical (unpaired) electrons. The topological polar surface area (TPSA) is 376 Å². The van der Waals surface area contributed by atoms with Gasteiger partial charge in [-0.15, -0.1) is 10.2 Å². The van der Waals surface area contributed by atoms with Gasteiger partial charge >= 0.3 is 0 Å². The predicted molar refractivity (Wildman–Crippen MR) is 241 cm³/mol. The van der Waals surface area contributed by atoms with Crippen LogP contribution in [0.25, 0.3) is 21.5 Å². The Labute approximate surface area is 383 Å². The molecule has 0 bridgehead atoms. The minimum atomic E-state index is -5.06. The van der Waals surface area contributed by atoms with Gasteiger partial charge < -0.3 is 10.2 Å². The van der Waals surface area contributed by atoms with Gasteiger partial charge in [-0.1, -0.05) is 33.7 Å². The zero-order valence-electron chi connectivity index (χ0n) is 32.7. The minimum Gasteiger partial charge on any atom is -0.504 e. The molecule has 0 saturated heterocycles. The first-order valence-electron chi connectivity index (χ1n) is 17.8. The molecule has 66 heavy (non-hydrogen) atoms. The molecule has 350 valence electrons. The van der Waals surface area contributed by atoms with Crippen LogP contribution in [0, 0.1) is 0 Å². The molecule has 0 aromatic heterocycles. The maximum atomic E-state index is 13.0. The third-order valence-corrected chi connectivity index (χ3v) is 18.9. The first-order chi connectivity index (χ1) is 30.6. The summed E-state index contributed by atoms with van der Waals surface area (Å²) in [6, 6.07) is 17.3. The smallest absolute Gasteiger partial charge is 0.298 e. The molecule has 0 spiro atoms. The highest BCUT2D eigenvalue weighted by Gasteiger charge is 2.25. The van der Waals surface area contributed by atoms with Gasteiger partial charge in [0.1, 0.15) is 21.2 Å². The first-order valence-corrected chi connectivity index (χ1v) is 29.3. The molecule has 22 nitrogen and oxygen atoms in total. The number of hydrogen-bond donors (Lipinski definition) is 6. The van der Waals surface area contributed by atoms with Gasteiger partial charge in [0, 0.05) is 22.3 Å². The Morgan fingerprint density at radius 3 is 1.02 bits per heavy atom. The fourth-order valence-corrected chi connectivity index (χ4v) is 14.2. The van der Waals surface area contributed by atoms with Crippen LogP contribution < -0.4 is 0 Å². The van der Waals surface area contributed by atoms with Crippen LogP contribution in [0.4, 0.5) is 22.7 Å². The number of sulfone groups is 2. The van der Waals surface area contributed by atoms with Crippen LogP contribution >= 0.6 is 21.6 Å². The zero-order chi connectivity index (χ0) is 48.6. The molecule has 0 heterocycles.